The Morgan fingerprint density at radius 1 is 1.00 bits per heavy atom. The van der Waals surface area contributed by atoms with Crippen molar-refractivity contribution in [1.29, 1.82) is 0 Å². The summed E-state index contributed by atoms with van der Waals surface area (Å²) in [5.41, 5.74) is 2.47. The second-order valence-electron chi connectivity index (χ2n) is 9.80. The van der Waals surface area contributed by atoms with Crippen LogP contribution in [0.1, 0.15) is 61.7 Å². The Bertz CT molecular complexity index is 1110. The molecule has 0 radical (unpaired) electrons. The number of benzene rings is 1. The van der Waals surface area contributed by atoms with Crippen molar-refractivity contribution in [2.45, 2.75) is 69.4 Å². The molecule has 0 bridgehead atoms. The number of halogens is 1. The van der Waals surface area contributed by atoms with Gasteiger partial charge in [-0.3, -0.25) is 4.57 Å². The van der Waals surface area contributed by atoms with Gasteiger partial charge in [0.1, 0.15) is 17.8 Å². The van der Waals surface area contributed by atoms with Crippen molar-refractivity contribution >= 4 is 11.6 Å². The van der Waals surface area contributed by atoms with Gasteiger partial charge in [0.2, 0.25) is 5.88 Å². The number of rotatable bonds is 6. The lowest BCUT2D eigenvalue weighted by Crippen LogP contribution is -2.34. The highest BCUT2D eigenvalue weighted by Gasteiger charge is 2.32. The molecule has 33 heavy (non-hydrogen) atoms. The molecule has 0 amide bonds. The standard InChI is InChI=1S/C26H30ClN5O/c27-20-8-11-23-19(13-20)14-21(29-16-17-4-5-17)15-24-30-31-26(32(23)24)18-6-9-22(10-7-18)33-25-3-1-2-12-28-25/h1-3,8,11-13,17-18,21-22,29H,4-7,9-10,14-16H2/t18?,21-,22?/m0/s1. The molecule has 1 aliphatic heterocycles. The van der Waals surface area contributed by atoms with Crippen LogP contribution in [0.15, 0.2) is 42.6 Å². The summed E-state index contributed by atoms with van der Waals surface area (Å²) in [6.07, 6.45) is 10.7. The zero-order chi connectivity index (χ0) is 22.2. The van der Waals surface area contributed by atoms with E-state index in [-0.39, 0.29) is 6.10 Å². The minimum Gasteiger partial charge on any atom is -0.474 e. The molecule has 2 aromatic heterocycles. The second kappa shape index (κ2) is 9.07. The lowest BCUT2D eigenvalue weighted by Gasteiger charge is -2.28. The highest BCUT2D eigenvalue weighted by Crippen LogP contribution is 2.37. The fourth-order valence-electron chi connectivity index (χ4n) is 5.31. The number of nitrogens with one attached hydrogen (secondary N) is 1. The topological polar surface area (TPSA) is 64.9 Å². The Morgan fingerprint density at radius 3 is 2.67 bits per heavy atom. The highest BCUT2D eigenvalue weighted by atomic mass is 35.5. The molecule has 7 heteroatoms. The number of fused-ring (bicyclic) bond motifs is 3. The molecule has 3 aromatic rings. The van der Waals surface area contributed by atoms with Crippen LogP contribution in [0.3, 0.4) is 0 Å². The number of ether oxygens (including phenoxy) is 1. The van der Waals surface area contributed by atoms with Crippen LogP contribution >= 0.6 is 11.6 Å². The summed E-state index contributed by atoms with van der Waals surface area (Å²) in [4.78, 5) is 4.31. The van der Waals surface area contributed by atoms with Crippen LogP contribution < -0.4 is 10.1 Å². The third-order valence-electron chi connectivity index (χ3n) is 7.29. The molecule has 2 aliphatic carbocycles. The van der Waals surface area contributed by atoms with Gasteiger partial charge in [-0.1, -0.05) is 17.7 Å². The predicted molar refractivity (Wildman–Crippen MR) is 128 cm³/mol. The van der Waals surface area contributed by atoms with Gasteiger partial charge < -0.3 is 10.1 Å². The first-order valence-electron chi connectivity index (χ1n) is 12.3. The van der Waals surface area contributed by atoms with Gasteiger partial charge in [0.05, 0.1) is 5.69 Å². The minimum absolute atomic E-state index is 0.213. The minimum atomic E-state index is 0.213. The second-order valence-corrected chi connectivity index (χ2v) is 10.2. The van der Waals surface area contributed by atoms with Gasteiger partial charge in [0, 0.05) is 35.7 Å². The predicted octanol–water partition coefficient (Wildman–Crippen LogP) is 4.89. The zero-order valence-corrected chi connectivity index (χ0v) is 19.5. The number of hydrogen-bond donors (Lipinski definition) is 1. The molecule has 172 valence electrons. The van der Waals surface area contributed by atoms with E-state index in [0.29, 0.717) is 17.8 Å². The van der Waals surface area contributed by atoms with Crippen LogP contribution in [-0.4, -0.2) is 38.4 Å². The number of hydrogen-bond acceptors (Lipinski definition) is 5. The molecular formula is C26H30ClN5O. The number of pyridine rings is 1. The van der Waals surface area contributed by atoms with Gasteiger partial charge in [-0.25, -0.2) is 4.98 Å². The Labute approximate surface area is 199 Å². The summed E-state index contributed by atoms with van der Waals surface area (Å²) >= 11 is 6.41. The molecule has 1 aromatic carbocycles. The van der Waals surface area contributed by atoms with Gasteiger partial charge >= 0.3 is 0 Å². The van der Waals surface area contributed by atoms with Crippen LogP contribution in [0, 0.1) is 5.92 Å². The van der Waals surface area contributed by atoms with Crippen molar-refractivity contribution in [3.05, 3.63) is 64.8 Å². The maximum atomic E-state index is 6.41. The van der Waals surface area contributed by atoms with Crippen molar-refractivity contribution in [2.24, 2.45) is 5.92 Å². The molecule has 0 unspecified atom stereocenters. The van der Waals surface area contributed by atoms with E-state index in [1.165, 1.54) is 24.1 Å². The molecule has 2 fully saturated rings. The van der Waals surface area contributed by atoms with Gasteiger partial charge in [-0.2, -0.15) is 0 Å². The van der Waals surface area contributed by atoms with Crippen molar-refractivity contribution in [3.8, 4) is 11.6 Å². The van der Waals surface area contributed by atoms with E-state index < -0.39 is 0 Å². The summed E-state index contributed by atoms with van der Waals surface area (Å²) in [7, 11) is 0. The molecule has 1 N–H and O–H groups in total. The van der Waals surface area contributed by atoms with E-state index >= 15 is 0 Å². The third-order valence-corrected chi connectivity index (χ3v) is 7.52. The maximum Gasteiger partial charge on any atom is 0.213 e. The van der Waals surface area contributed by atoms with Crippen molar-refractivity contribution in [2.75, 3.05) is 6.54 Å². The van der Waals surface area contributed by atoms with Gasteiger partial charge in [-0.05, 0) is 87.2 Å². The van der Waals surface area contributed by atoms with E-state index in [0.717, 1.165) is 67.7 Å². The summed E-state index contributed by atoms with van der Waals surface area (Å²) in [6.45, 7) is 1.10. The lowest BCUT2D eigenvalue weighted by atomic mass is 9.86. The van der Waals surface area contributed by atoms with E-state index in [1.807, 2.05) is 24.3 Å². The molecule has 0 saturated heterocycles. The molecule has 6 rings (SSSR count). The van der Waals surface area contributed by atoms with Crippen molar-refractivity contribution in [1.82, 2.24) is 25.1 Å². The van der Waals surface area contributed by atoms with E-state index in [1.54, 1.807) is 6.20 Å². The fourth-order valence-corrected chi connectivity index (χ4v) is 5.50. The Hall–Kier alpha value is -2.44. The maximum absolute atomic E-state index is 6.41. The quantitative estimate of drug-likeness (QED) is 0.564. The van der Waals surface area contributed by atoms with E-state index in [4.69, 9.17) is 26.5 Å². The van der Waals surface area contributed by atoms with Crippen LogP contribution in [0.4, 0.5) is 0 Å². The van der Waals surface area contributed by atoms with Crippen LogP contribution in [0.25, 0.3) is 5.69 Å². The molecule has 3 aliphatic rings. The monoisotopic (exact) mass is 463 g/mol. The molecule has 2 saturated carbocycles. The van der Waals surface area contributed by atoms with Gasteiger partial charge in [-0.15, -0.1) is 10.2 Å². The average molecular weight is 464 g/mol. The highest BCUT2D eigenvalue weighted by molar-refractivity contribution is 6.30. The third kappa shape index (κ3) is 4.64. The van der Waals surface area contributed by atoms with Gasteiger partial charge in [0.15, 0.2) is 0 Å². The summed E-state index contributed by atoms with van der Waals surface area (Å²) in [5.74, 6) is 4.10. The van der Waals surface area contributed by atoms with Crippen LogP contribution in [0.2, 0.25) is 5.02 Å². The van der Waals surface area contributed by atoms with E-state index in [9.17, 15) is 0 Å². The first kappa shape index (κ1) is 21.1. The zero-order valence-electron chi connectivity index (χ0n) is 18.8. The summed E-state index contributed by atoms with van der Waals surface area (Å²) < 4.78 is 8.44. The average Bonchev–Trinajstić information content (AvgIpc) is 3.60. The summed E-state index contributed by atoms with van der Waals surface area (Å²) in [6, 6.07) is 12.4. The Balaban J connectivity index is 1.23. The SMILES string of the molecule is Clc1ccc2c(c1)C[C@H](NCC1CC1)Cc1nnc(C3CCC(Oc4ccccn4)CC3)n1-2. The molecule has 1 atom stereocenters. The largest absolute Gasteiger partial charge is 0.474 e. The molecule has 0 spiro atoms. The van der Waals surface area contributed by atoms with Gasteiger partial charge in [0.25, 0.3) is 0 Å². The Morgan fingerprint density at radius 2 is 1.88 bits per heavy atom. The molecular weight excluding hydrogens is 434 g/mol. The fraction of sp³-hybridized carbons (Fsp3) is 0.500. The van der Waals surface area contributed by atoms with Crippen molar-refractivity contribution in [3.63, 3.8) is 0 Å². The summed E-state index contributed by atoms with van der Waals surface area (Å²) in [5, 5.41) is 14.0. The molecule has 6 nitrogen and oxygen atoms in total. The van der Waals surface area contributed by atoms with E-state index in [2.05, 4.69) is 27.0 Å². The first-order valence-corrected chi connectivity index (χ1v) is 12.6. The normalized spacial score (nSPS) is 24.6. The lowest BCUT2D eigenvalue weighted by molar-refractivity contribution is 0.139. The molecule has 3 heterocycles. The van der Waals surface area contributed by atoms with Crippen LogP contribution in [-0.2, 0) is 12.8 Å². The first-order chi connectivity index (χ1) is 16.2. The smallest absolute Gasteiger partial charge is 0.213 e. The van der Waals surface area contributed by atoms with Crippen LogP contribution in [0.5, 0.6) is 5.88 Å². The number of nitrogens with zero attached hydrogens (tertiary/aromatic N) is 4. The van der Waals surface area contributed by atoms with Crippen molar-refractivity contribution < 1.29 is 4.74 Å². The Kier molecular flexibility index (Phi) is 5.80. The number of aromatic nitrogens is 4.